The Bertz CT molecular complexity index is 2630. The highest BCUT2D eigenvalue weighted by molar-refractivity contribution is 6.17. The molecule has 3 nitrogen and oxygen atoms in total. The highest BCUT2D eigenvalue weighted by atomic mass is 15.2. The van der Waals surface area contributed by atoms with E-state index in [4.69, 9.17) is 0 Å². The first-order chi connectivity index (χ1) is 27.2. The first-order valence-electron chi connectivity index (χ1n) is 20.6. The van der Waals surface area contributed by atoms with E-state index in [1.807, 2.05) is 0 Å². The molecule has 9 rings (SSSR count). The van der Waals surface area contributed by atoms with E-state index >= 15 is 0 Å². The largest absolute Gasteiger partial charge is 0.344 e. The van der Waals surface area contributed by atoms with Gasteiger partial charge in [0.05, 0.1) is 5.41 Å². The summed E-state index contributed by atoms with van der Waals surface area (Å²) in [6, 6.07) is 48.9. The van der Waals surface area contributed by atoms with Gasteiger partial charge in [0.2, 0.25) is 22.8 Å². The Morgan fingerprint density at radius 1 is 0.607 bits per heavy atom. The predicted octanol–water partition coefficient (Wildman–Crippen LogP) is 13.1. The van der Waals surface area contributed by atoms with Gasteiger partial charge in [-0.3, -0.25) is 0 Å². The average Bonchev–Trinajstić information content (AvgIpc) is 3.80. The van der Waals surface area contributed by atoms with Crippen LogP contribution < -0.4 is 9.48 Å². The Balaban J connectivity index is 1.20. The molecule has 1 saturated carbocycles. The minimum absolute atomic E-state index is 0.0967. The molecule has 0 atom stereocenters. The number of rotatable bonds is 7. The molecule has 0 spiro atoms. The van der Waals surface area contributed by atoms with Crippen LogP contribution in [0.4, 0.5) is 22.7 Å². The van der Waals surface area contributed by atoms with Gasteiger partial charge < -0.3 is 4.90 Å². The lowest BCUT2D eigenvalue weighted by Gasteiger charge is -2.26. The summed E-state index contributed by atoms with van der Waals surface area (Å²) in [7, 11) is 0. The van der Waals surface area contributed by atoms with Crippen LogP contribution in [0.3, 0.4) is 0 Å². The molecule has 6 aromatic carbocycles. The summed E-state index contributed by atoms with van der Waals surface area (Å²) >= 11 is 0. The van der Waals surface area contributed by atoms with Crippen LogP contribution >= 0.6 is 0 Å². The van der Waals surface area contributed by atoms with E-state index in [1.54, 1.807) is 0 Å². The Kier molecular flexibility index (Phi) is 9.00. The van der Waals surface area contributed by atoms with E-state index in [2.05, 4.69) is 207 Å². The molecule has 1 aliphatic carbocycles. The van der Waals surface area contributed by atoms with Crippen molar-refractivity contribution >= 4 is 55.7 Å². The van der Waals surface area contributed by atoms with Crippen molar-refractivity contribution in [2.45, 2.75) is 71.6 Å². The number of fused-ring (bicyclic) bond motifs is 6. The Morgan fingerprint density at radius 3 is 1.80 bits per heavy atom. The van der Waals surface area contributed by atoms with Crippen LogP contribution in [0.5, 0.6) is 0 Å². The zero-order valence-corrected chi connectivity index (χ0v) is 33.8. The van der Waals surface area contributed by atoms with Gasteiger partial charge in [-0.05, 0) is 85.9 Å². The molecule has 2 heterocycles. The monoisotopic (exact) mass is 731 g/mol. The van der Waals surface area contributed by atoms with Crippen LogP contribution in [-0.2, 0) is 10.8 Å². The quantitative estimate of drug-likeness (QED) is 0.149. The van der Waals surface area contributed by atoms with Crippen LogP contribution in [-0.4, -0.2) is 29.1 Å². The maximum Gasteiger partial charge on any atom is 0.217 e. The average molecular weight is 732 g/mol. The third kappa shape index (κ3) is 5.70. The minimum atomic E-state index is -0.146. The third-order valence-electron chi connectivity index (χ3n) is 12.8. The van der Waals surface area contributed by atoms with Crippen molar-refractivity contribution in [3.8, 4) is 0 Å². The van der Waals surface area contributed by atoms with E-state index < -0.39 is 0 Å². The second-order valence-corrected chi connectivity index (χ2v) is 16.6. The molecule has 0 radical (unpaired) electrons. The third-order valence-corrected chi connectivity index (χ3v) is 12.8. The summed E-state index contributed by atoms with van der Waals surface area (Å²) in [5.41, 5.74) is 14.6. The lowest BCUT2D eigenvalue weighted by molar-refractivity contribution is -0.434. The molecule has 3 aliphatic rings. The Labute approximate surface area is 333 Å². The predicted molar refractivity (Wildman–Crippen MR) is 240 cm³/mol. The van der Waals surface area contributed by atoms with E-state index in [0.717, 1.165) is 32.4 Å². The van der Waals surface area contributed by atoms with Crippen molar-refractivity contribution in [2.24, 2.45) is 0 Å². The van der Waals surface area contributed by atoms with Gasteiger partial charge >= 0.3 is 0 Å². The Morgan fingerprint density at radius 2 is 1.18 bits per heavy atom. The van der Waals surface area contributed by atoms with Gasteiger partial charge in [0.25, 0.3) is 0 Å². The molecule has 278 valence electrons. The van der Waals surface area contributed by atoms with Crippen LogP contribution in [0, 0.1) is 0 Å². The molecule has 0 bridgehead atoms. The van der Waals surface area contributed by atoms with Gasteiger partial charge in [-0.25, -0.2) is 0 Å². The number of allylic oxidation sites excluding steroid dienone is 6. The van der Waals surface area contributed by atoms with Gasteiger partial charge in [-0.2, -0.15) is 9.15 Å². The fourth-order valence-electron chi connectivity index (χ4n) is 10.2. The van der Waals surface area contributed by atoms with Crippen molar-refractivity contribution in [1.82, 2.24) is 4.58 Å². The molecule has 6 aromatic rings. The first-order valence-corrected chi connectivity index (χ1v) is 20.6. The molecule has 1 fully saturated rings. The number of anilines is 1. The van der Waals surface area contributed by atoms with Gasteiger partial charge in [0, 0.05) is 76.8 Å². The molecular formula is C53H53N3+2. The van der Waals surface area contributed by atoms with Gasteiger partial charge in [-0.15, -0.1) is 0 Å². The number of likely N-dealkylation sites (N-methyl/N-ethyl adjacent to an activating group) is 1. The summed E-state index contributed by atoms with van der Waals surface area (Å²) in [6.45, 7) is 16.1. The lowest BCUT2D eigenvalue weighted by Crippen LogP contribution is -2.29. The first kappa shape index (κ1) is 35.9. The SMILES string of the molecule is CCN1C(=CC=C2CCC(=CCC3=[N+](CC)c4ccc5ccccc5c4C3(C)C)C2=[N+](c2ccccc2)c2ccccc2)C(C)(C)c2c1ccc1ccccc21. The van der Waals surface area contributed by atoms with Crippen molar-refractivity contribution in [3.05, 3.63) is 180 Å². The molecule has 0 saturated heterocycles. The van der Waals surface area contributed by atoms with Crippen LogP contribution in [0.1, 0.15) is 71.9 Å². The van der Waals surface area contributed by atoms with Gasteiger partial charge in [0.1, 0.15) is 6.54 Å². The normalized spacial score (nSPS) is 19.2. The number of hydrogen-bond donors (Lipinski definition) is 0. The molecular weight excluding hydrogens is 679 g/mol. The fourth-order valence-corrected chi connectivity index (χ4v) is 10.2. The highest BCUT2D eigenvalue weighted by Crippen LogP contribution is 2.51. The van der Waals surface area contributed by atoms with Crippen molar-refractivity contribution in [2.75, 3.05) is 18.0 Å². The summed E-state index contributed by atoms with van der Waals surface area (Å²) in [5, 5.41) is 5.34. The molecule has 56 heavy (non-hydrogen) atoms. The molecule has 0 unspecified atom stereocenters. The number of para-hydroxylation sites is 2. The van der Waals surface area contributed by atoms with Crippen LogP contribution in [0.2, 0.25) is 0 Å². The van der Waals surface area contributed by atoms with E-state index in [1.165, 1.54) is 83.7 Å². The summed E-state index contributed by atoms with van der Waals surface area (Å²) < 4.78 is 5.09. The summed E-state index contributed by atoms with van der Waals surface area (Å²) in [6.07, 6.45) is 10.4. The standard InChI is InChI=1S/C53H53N3/c1-7-54-45-33-29-37-19-15-17-25-43(37)49(45)52(3,4)47(54)35-31-39-27-28-40(51(39)56(41-21-11-9-12-22-41)42-23-13-10-14-24-42)32-36-48-53(5,6)50-44-26-18-16-20-38(44)30-34-46(50)55(48)8-2/h9-26,29-35H,7-8,27-28,36H2,1-6H3/q+2. The van der Waals surface area contributed by atoms with Gasteiger partial charge in [0.15, 0.2) is 5.71 Å². The van der Waals surface area contributed by atoms with Crippen molar-refractivity contribution in [3.63, 3.8) is 0 Å². The van der Waals surface area contributed by atoms with Crippen molar-refractivity contribution < 1.29 is 4.58 Å². The molecule has 0 amide bonds. The maximum absolute atomic E-state index is 2.59. The van der Waals surface area contributed by atoms with E-state index in [0.29, 0.717) is 0 Å². The lowest BCUT2D eigenvalue weighted by atomic mass is 9.78. The Hall–Kier alpha value is -5.80. The minimum Gasteiger partial charge on any atom is -0.344 e. The van der Waals surface area contributed by atoms with Crippen LogP contribution in [0.25, 0.3) is 21.5 Å². The summed E-state index contributed by atoms with van der Waals surface area (Å²) in [4.78, 5) is 2.54. The molecule has 3 heteroatoms. The zero-order valence-electron chi connectivity index (χ0n) is 33.8. The topological polar surface area (TPSA) is 9.26 Å². The number of benzene rings is 6. The second-order valence-electron chi connectivity index (χ2n) is 16.6. The van der Waals surface area contributed by atoms with E-state index in [9.17, 15) is 0 Å². The molecule has 2 aliphatic heterocycles. The fraction of sp³-hybridized carbons (Fsp3) is 0.245. The number of hydrogen-bond acceptors (Lipinski definition) is 1. The smallest absolute Gasteiger partial charge is 0.217 e. The second kappa shape index (κ2) is 14.0. The molecule has 0 N–H and O–H groups in total. The maximum atomic E-state index is 2.59. The highest BCUT2D eigenvalue weighted by Gasteiger charge is 2.46. The zero-order chi connectivity index (χ0) is 38.6. The summed E-state index contributed by atoms with van der Waals surface area (Å²) in [5.74, 6) is 0. The van der Waals surface area contributed by atoms with E-state index in [-0.39, 0.29) is 10.8 Å². The van der Waals surface area contributed by atoms with Crippen molar-refractivity contribution in [1.29, 1.82) is 0 Å². The van der Waals surface area contributed by atoms with Gasteiger partial charge in [-0.1, -0.05) is 117 Å². The molecule has 0 aromatic heterocycles. The number of nitrogens with zero attached hydrogens (tertiary/aromatic N) is 3. The van der Waals surface area contributed by atoms with Crippen LogP contribution in [0.15, 0.2) is 169 Å².